The number of rotatable bonds is 4. The van der Waals surface area contributed by atoms with Gasteiger partial charge < -0.3 is 18.6 Å². The van der Waals surface area contributed by atoms with Gasteiger partial charge in [-0.2, -0.15) is 23.4 Å². The van der Waals surface area contributed by atoms with E-state index in [2.05, 4.69) is 4.98 Å². The molecule has 4 rings (SSSR count). The Morgan fingerprint density at radius 3 is 2.59 bits per heavy atom. The topological polar surface area (TPSA) is 86.5 Å². The van der Waals surface area contributed by atoms with E-state index in [0.717, 1.165) is 12.1 Å². The minimum absolute atomic E-state index is 0.126. The summed E-state index contributed by atoms with van der Waals surface area (Å²) >= 11 is 0. The molecule has 0 bridgehead atoms. The molecule has 0 radical (unpaired) electrons. The molecule has 164 valence electrons. The van der Waals surface area contributed by atoms with E-state index in [9.17, 15) is 23.2 Å². The van der Waals surface area contributed by atoms with E-state index in [1.54, 1.807) is 17.0 Å². The molecular weight excluding hydrogens is 425 g/mol. The summed E-state index contributed by atoms with van der Waals surface area (Å²) in [4.78, 5) is 20.0. The van der Waals surface area contributed by atoms with Gasteiger partial charge in [0, 0.05) is 32.3 Å². The number of oxazole rings is 1. The number of benzene rings is 1. The Balaban J connectivity index is 1.39. The zero-order chi connectivity index (χ0) is 22.7. The highest BCUT2D eigenvalue weighted by Crippen LogP contribution is 2.30. The predicted octanol–water partition coefficient (Wildman–Crippen LogP) is 4.19. The summed E-state index contributed by atoms with van der Waals surface area (Å²) in [5, 5.41) is 9.37. The molecule has 2 aromatic heterocycles. The van der Waals surface area contributed by atoms with Crippen molar-refractivity contribution in [1.29, 1.82) is 5.26 Å². The number of carbonyl (C=O) groups excluding carboxylic acids is 1. The fraction of sp³-hybridized carbons (Fsp3) is 0.227. The molecule has 1 saturated heterocycles. The maximum Gasteiger partial charge on any atom is 0.416 e. The largest absolute Gasteiger partial charge is 0.459 e. The Morgan fingerprint density at radius 2 is 1.94 bits per heavy atom. The highest BCUT2D eigenvalue weighted by molar-refractivity contribution is 5.92. The third kappa shape index (κ3) is 4.51. The first-order valence-electron chi connectivity index (χ1n) is 9.69. The lowest BCUT2D eigenvalue weighted by Gasteiger charge is -2.33. The number of nitrogens with zero attached hydrogens (tertiary/aromatic N) is 4. The molecule has 1 fully saturated rings. The number of carbonyl (C=O) groups is 1. The van der Waals surface area contributed by atoms with Gasteiger partial charge in [0.25, 0.3) is 5.89 Å². The van der Waals surface area contributed by atoms with Crippen molar-refractivity contribution in [2.75, 3.05) is 31.1 Å². The van der Waals surface area contributed by atoms with Crippen molar-refractivity contribution in [2.45, 2.75) is 6.18 Å². The molecule has 0 N–H and O–H groups in total. The Morgan fingerprint density at radius 1 is 1.16 bits per heavy atom. The van der Waals surface area contributed by atoms with Gasteiger partial charge in [-0.1, -0.05) is 12.1 Å². The SMILES string of the molecule is N#Cc1nc(-c2ccco2)oc1N1CCN(C(=O)/C=C/c2cccc(C(F)(F)F)c2)CC1. The number of aromatic nitrogens is 1. The third-order valence-corrected chi connectivity index (χ3v) is 4.96. The lowest BCUT2D eigenvalue weighted by Crippen LogP contribution is -2.48. The van der Waals surface area contributed by atoms with Crippen LogP contribution in [0.2, 0.25) is 0 Å². The zero-order valence-electron chi connectivity index (χ0n) is 16.7. The second-order valence-corrected chi connectivity index (χ2v) is 7.03. The van der Waals surface area contributed by atoms with E-state index in [-0.39, 0.29) is 23.1 Å². The number of amides is 1. The van der Waals surface area contributed by atoms with Crippen LogP contribution in [0.1, 0.15) is 16.8 Å². The normalized spacial score (nSPS) is 14.7. The summed E-state index contributed by atoms with van der Waals surface area (Å²) in [5.74, 6) is 0.604. The average Bonchev–Trinajstić information content (AvgIpc) is 3.47. The number of halogens is 3. The highest BCUT2D eigenvalue weighted by Gasteiger charge is 2.30. The van der Waals surface area contributed by atoms with Crippen molar-refractivity contribution < 1.29 is 26.8 Å². The first kappa shape index (κ1) is 21.2. The first-order chi connectivity index (χ1) is 15.3. The molecule has 7 nitrogen and oxygen atoms in total. The van der Waals surface area contributed by atoms with E-state index < -0.39 is 11.7 Å². The monoisotopic (exact) mass is 442 g/mol. The van der Waals surface area contributed by atoms with E-state index in [0.29, 0.717) is 37.8 Å². The van der Waals surface area contributed by atoms with Gasteiger partial charge in [0.15, 0.2) is 5.76 Å². The van der Waals surface area contributed by atoms with Crippen molar-refractivity contribution in [3.63, 3.8) is 0 Å². The van der Waals surface area contributed by atoms with Gasteiger partial charge in [-0.3, -0.25) is 4.79 Å². The average molecular weight is 442 g/mol. The van der Waals surface area contributed by atoms with Crippen LogP contribution in [0.25, 0.3) is 17.7 Å². The molecule has 1 aliphatic heterocycles. The predicted molar refractivity (Wildman–Crippen MR) is 108 cm³/mol. The summed E-state index contributed by atoms with van der Waals surface area (Å²) in [6, 6.07) is 10.1. The highest BCUT2D eigenvalue weighted by atomic mass is 19.4. The maximum atomic E-state index is 12.8. The number of anilines is 1. The number of hydrogen-bond donors (Lipinski definition) is 0. The molecule has 3 aromatic rings. The fourth-order valence-corrected chi connectivity index (χ4v) is 3.33. The van der Waals surface area contributed by atoms with E-state index in [4.69, 9.17) is 8.83 Å². The smallest absolute Gasteiger partial charge is 0.416 e. The number of furan rings is 1. The number of hydrogen-bond acceptors (Lipinski definition) is 6. The van der Waals surface area contributed by atoms with Crippen LogP contribution in [-0.2, 0) is 11.0 Å². The van der Waals surface area contributed by atoms with E-state index in [1.807, 2.05) is 11.0 Å². The molecule has 0 aliphatic carbocycles. The Bertz CT molecular complexity index is 1170. The molecule has 1 aromatic carbocycles. The van der Waals surface area contributed by atoms with Crippen molar-refractivity contribution in [3.8, 4) is 17.7 Å². The molecule has 1 aliphatic rings. The van der Waals surface area contributed by atoms with Gasteiger partial charge in [0.05, 0.1) is 11.8 Å². The summed E-state index contributed by atoms with van der Waals surface area (Å²) < 4.78 is 49.5. The van der Waals surface area contributed by atoms with Crippen LogP contribution < -0.4 is 4.90 Å². The lowest BCUT2D eigenvalue weighted by atomic mass is 10.1. The maximum absolute atomic E-state index is 12.8. The van der Waals surface area contributed by atoms with Gasteiger partial charge in [0.1, 0.15) is 6.07 Å². The molecule has 0 unspecified atom stereocenters. The standard InChI is InChI=1S/C22H17F3N4O3/c23-22(24,25)16-4-1-3-15(13-16)6-7-19(30)28-8-10-29(11-9-28)21-17(14-26)27-20(32-21)18-5-2-12-31-18/h1-7,12-13H,8-11H2/b7-6+. The summed E-state index contributed by atoms with van der Waals surface area (Å²) in [5.41, 5.74) is -0.354. The number of alkyl halides is 3. The number of piperazine rings is 1. The molecule has 1 amide bonds. The van der Waals surface area contributed by atoms with Crippen LogP contribution in [0, 0.1) is 11.3 Å². The molecular formula is C22H17F3N4O3. The summed E-state index contributed by atoms with van der Waals surface area (Å²) in [6.45, 7) is 1.52. The molecule has 0 saturated carbocycles. The lowest BCUT2D eigenvalue weighted by molar-refractivity contribution is -0.137. The molecule has 0 atom stereocenters. The Labute approximate surface area is 181 Å². The van der Waals surface area contributed by atoms with Crippen molar-refractivity contribution in [1.82, 2.24) is 9.88 Å². The van der Waals surface area contributed by atoms with Crippen LogP contribution in [0.15, 0.2) is 57.6 Å². The van der Waals surface area contributed by atoms with Gasteiger partial charge >= 0.3 is 6.18 Å². The quantitative estimate of drug-likeness (QED) is 0.564. The van der Waals surface area contributed by atoms with Gasteiger partial charge in [0.2, 0.25) is 17.5 Å². The van der Waals surface area contributed by atoms with E-state index >= 15 is 0 Å². The first-order valence-corrected chi connectivity index (χ1v) is 9.69. The second kappa shape index (κ2) is 8.63. The van der Waals surface area contributed by atoms with E-state index in [1.165, 1.54) is 30.5 Å². The van der Waals surface area contributed by atoms with Crippen LogP contribution >= 0.6 is 0 Å². The van der Waals surface area contributed by atoms with Crippen LogP contribution in [0.5, 0.6) is 0 Å². The van der Waals surface area contributed by atoms with Crippen LogP contribution in [-0.4, -0.2) is 42.0 Å². The van der Waals surface area contributed by atoms with Gasteiger partial charge in [-0.05, 0) is 35.9 Å². The van der Waals surface area contributed by atoms with Gasteiger partial charge in [-0.15, -0.1) is 0 Å². The van der Waals surface area contributed by atoms with Gasteiger partial charge in [-0.25, -0.2) is 0 Å². The second-order valence-electron chi connectivity index (χ2n) is 7.03. The summed E-state index contributed by atoms with van der Waals surface area (Å²) in [7, 11) is 0. The van der Waals surface area contributed by atoms with Crippen molar-refractivity contribution in [2.24, 2.45) is 0 Å². The summed E-state index contributed by atoms with van der Waals surface area (Å²) in [6.07, 6.45) is -0.342. The fourth-order valence-electron chi connectivity index (χ4n) is 3.33. The molecule has 3 heterocycles. The minimum atomic E-state index is -4.44. The van der Waals surface area contributed by atoms with Crippen LogP contribution in [0.4, 0.5) is 19.1 Å². The molecule has 32 heavy (non-hydrogen) atoms. The number of nitriles is 1. The third-order valence-electron chi connectivity index (χ3n) is 4.96. The molecule has 0 spiro atoms. The Hall–Kier alpha value is -4.00. The van der Waals surface area contributed by atoms with Crippen LogP contribution in [0.3, 0.4) is 0 Å². The molecule has 10 heteroatoms. The Kier molecular flexibility index (Phi) is 5.73. The van der Waals surface area contributed by atoms with Crippen molar-refractivity contribution >= 4 is 17.9 Å². The van der Waals surface area contributed by atoms with Crippen molar-refractivity contribution in [3.05, 3.63) is 65.6 Å². The minimum Gasteiger partial charge on any atom is -0.459 e. The zero-order valence-corrected chi connectivity index (χ0v) is 16.7.